The van der Waals surface area contributed by atoms with Crippen LogP contribution in [0.1, 0.15) is 18.1 Å². The summed E-state index contributed by atoms with van der Waals surface area (Å²) in [4.78, 5) is 1.94. The molecular weight excluding hydrogens is 398 g/mol. The topological polar surface area (TPSA) is 107 Å². The van der Waals surface area contributed by atoms with Gasteiger partial charge in [-0.2, -0.15) is 13.7 Å². The summed E-state index contributed by atoms with van der Waals surface area (Å²) in [5.41, 5.74) is 9.10. The minimum atomic E-state index is -4.11. The van der Waals surface area contributed by atoms with E-state index in [2.05, 4.69) is 48.2 Å². The first-order valence-electron chi connectivity index (χ1n) is 9.30. The molecular formula is C23H25N3O3S. The van der Waals surface area contributed by atoms with Crippen molar-refractivity contribution in [2.24, 2.45) is 0 Å². The van der Waals surface area contributed by atoms with Gasteiger partial charge in [-0.25, -0.2) is 0 Å². The van der Waals surface area contributed by atoms with Gasteiger partial charge in [0.1, 0.15) is 6.04 Å². The molecule has 0 saturated carbocycles. The summed E-state index contributed by atoms with van der Waals surface area (Å²) in [6.45, 7) is 4.76. The standard InChI is InChI=1S/C17H18N2.C6H7NO3S/c1-14-7-6-10-17(11-14)19(15(2)12-18)13-16-8-4-3-5-9-16;7-5-2-1-3-6(4-5)11(8,9)10/h3-11,15H,13H2,1-2H3;1-4H,7H2,(H,8,9,10). The molecule has 0 radical (unpaired) electrons. The summed E-state index contributed by atoms with van der Waals surface area (Å²) in [6, 6.07) is 26.2. The summed E-state index contributed by atoms with van der Waals surface area (Å²) < 4.78 is 29.5. The highest BCUT2D eigenvalue weighted by Gasteiger charge is 2.14. The van der Waals surface area contributed by atoms with E-state index in [1.165, 1.54) is 35.4 Å². The van der Waals surface area contributed by atoms with Crippen LogP contribution in [0.5, 0.6) is 0 Å². The lowest BCUT2D eigenvalue weighted by atomic mass is 10.1. The van der Waals surface area contributed by atoms with Gasteiger partial charge < -0.3 is 10.6 Å². The number of hydrogen-bond donors (Lipinski definition) is 2. The van der Waals surface area contributed by atoms with Crippen LogP contribution < -0.4 is 10.6 Å². The molecule has 6 nitrogen and oxygen atoms in total. The van der Waals surface area contributed by atoms with E-state index in [0.717, 1.165) is 12.2 Å². The van der Waals surface area contributed by atoms with Crippen molar-refractivity contribution in [2.45, 2.75) is 31.3 Å². The lowest BCUT2D eigenvalue weighted by Crippen LogP contribution is -2.31. The number of nitrogen functional groups attached to an aromatic ring is 1. The maximum absolute atomic E-state index is 10.5. The third-order valence-electron chi connectivity index (χ3n) is 4.34. The molecule has 3 aromatic carbocycles. The molecule has 0 bridgehead atoms. The Labute approximate surface area is 177 Å². The van der Waals surface area contributed by atoms with Crippen molar-refractivity contribution in [3.8, 4) is 6.07 Å². The van der Waals surface area contributed by atoms with Crippen molar-refractivity contribution >= 4 is 21.5 Å². The first-order valence-corrected chi connectivity index (χ1v) is 10.7. The number of hydrogen-bond acceptors (Lipinski definition) is 5. The molecule has 1 atom stereocenters. The molecule has 0 aromatic heterocycles. The van der Waals surface area contributed by atoms with Gasteiger partial charge in [0.25, 0.3) is 10.1 Å². The maximum Gasteiger partial charge on any atom is 0.294 e. The molecule has 0 aliphatic heterocycles. The lowest BCUT2D eigenvalue weighted by Gasteiger charge is -2.27. The molecule has 0 fully saturated rings. The fraction of sp³-hybridized carbons (Fsp3) is 0.174. The van der Waals surface area contributed by atoms with Gasteiger partial charge in [-0.05, 0) is 55.3 Å². The van der Waals surface area contributed by atoms with E-state index >= 15 is 0 Å². The van der Waals surface area contributed by atoms with E-state index in [1.54, 1.807) is 0 Å². The molecule has 0 aliphatic rings. The summed E-state index contributed by atoms with van der Waals surface area (Å²) in [5, 5.41) is 9.22. The van der Waals surface area contributed by atoms with Crippen molar-refractivity contribution in [2.75, 3.05) is 10.6 Å². The second-order valence-corrected chi connectivity index (χ2v) is 8.23. The normalized spacial score (nSPS) is 11.5. The molecule has 7 heteroatoms. The van der Waals surface area contributed by atoms with Crippen molar-refractivity contribution in [1.29, 1.82) is 5.26 Å². The average Bonchev–Trinajstić information content (AvgIpc) is 2.72. The molecule has 0 heterocycles. The number of nitriles is 1. The molecule has 3 rings (SSSR count). The highest BCUT2D eigenvalue weighted by Crippen LogP contribution is 2.21. The van der Waals surface area contributed by atoms with E-state index in [-0.39, 0.29) is 10.9 Å². The van der Waals surface area contributed by atoms with Crippen molar-refractivity contribution in [3.05, 3.63) is 90.0 Å². The van der Waals surface area contributed by atoms with E-state index in [1.807, 2.05) is 31.2 Å². The van der Waals surface area contributed by atoms with Crippen LogP contribution in [-0.4, -0.2) is 19.0 Å². The zero-order valence-corrected chi connectivity index (χ0v) is 17.8. The Morgan fingerprint density at radius 3 is 2.23 bits per heavy atom. The molecule has 3 N–H and O–H groups in total. The monoisotopic (exact) mass is 423 g/mol. The zero-order chi connectivity index (χ0) is 22.1. The Bertz CT molecular complexity index is 1110. The molecule has 30 heavy (non-hydrogen) atoms. The Kier molecular flexibility index (Phi) is 7.98. The van der Waals surface area contributed by atoms with Gasteiger partial charge in [0.2, 0.25) is 0 Å². The smallest absolute Gasteiger partial charge is 0.294 e. The highest BCUT2D eigenvalue weighted by molar-refractivity contribution is 7.85. The Hall–Kier alpha value is -3.34. The fourth-order valence-electron chi connectivity index (χ4n) is 2.78. The second kappa shape index (κ2) is 10.4. The van der Waals surface area contributed by atoms with E-state index in [0.29, 0.717) is 5.69 Å². The number of aryl methyl sites for hydroxylation is 1. The quantitative estimate of drug-likeness (QED) is 0.464. The van der Waals surface area contributed by atoms with Crippen molar-refractivity contribution in [1.82, 2.24) is 0 Å². The molecule has 3 aromatic rings. The van der Waals surface area contributed by atoms with Crippen LogP contribution in [-0.2, 0) is 16.7 Å². The molecule has 0 aliphatic carbocycles. The minimum Gasteiger partial charge on any atom is -0.399 e. The first kappa shape index (κ1) is 22.9. The van der Waals surface area contributed by atoms with Gasteiger partial charge in [0.05, 0.1) is 11.0 Å². The van der Waals surface area contributed by atoms with Gasteiger partial charge >= 0.3 is 0 Å². The first-order chi connectivity index (χ1) is 14.2. The van der Waals surface area contributed by atoms with Gasteiger partial charge in [0, 0.05) is 17.9 Å². The highest BCUT2D eigenvalue weighted by atomic mass is 32.2. The number of anilines is 2. The summed E-state index contributed by atoms with van der Waals surface area (Å²) >= 11 is 0. The lowest BCUT2D eigenvalue weighted by molar-refractivity contribution is 0.483. The van der Waals surface area contributed by atoms with E-state index < -0.39 is 10.1 Å². The molecule has 0 amide bonds. The zero-order valence-electron chi connectivity index (χ0n) is 16.9. The SMILES string of the molecule is Cc1cccc(N(Cc2ccccc2)C(C)C#N)c1.Nc1cccc(S(=O)(=O)O)c1. The van der Waals surface area contributed by atoms with Crippen LogP contribution in [0.4, 0.5) is 11.4 Å². The van der Waals surface area contributed by atoms with Crippen molar-refractivity contribution < 1.29 is 13.0 Å². The predicted octanol–water partition coefficient (Wildman–Crippen LogP) is 4.43. The van der Waals surface area contributed by atoms with E-state index in [4.69, 9.17) is 10.3 Å². The maximum atomic E-state index is 10.5. The Balaban J connectivity index is 0.000000248. The van der Waals surface area contributed by atoms with Crippen LogP contribution in [0.15, 0.2) is 83.8 Å². The third-order valence-corrected chi connectivity index (χ3v) is 5.19. The van der Waals surface area contributed by atoms with Gasteiger partial charge in [-0.3, -0.25) is 4.55 Å². The van der Waals surface area contributed by atoms with Gasteiger partial charge in [-0.15, -0.1) is 0 Å². The molecule has 1 unspecified atom stereocenters. The number of rotatable bonds is 5. The number of nitrogens with two attached hydrogens (primary N) is 1. The Morgan fingerprint density at radius 2 is 1.70 bits per heavy atom. The van der Waals surface area contributed by atoms with Crippen LogP contribution in [0, 0.1) is 18.3 Å². The minimum absolute atomic E-state index is 0.151. The summed E-state index contributed by atoms with van der Waals surface area (Å²) in [6.07, 6.45) is 0. The molecule has 0 saturated heterocycles. The third kappa shape index (κ3) is 6.92. The molecule has 0 spiro atoms. The summed E-state index contributed by atoms with van der Waals surface area (Å²) in [7, 11) is -4.11. The molecule has 156 valence electrons. The van der Waals surface area contributed by atoms with Crippen LogP contribution in [0.25, 0.3) is 0 Å². The average molecular weight is 424 g/mol. The van der Waals surface area contributed by atoms with Gasteiger partial charge in [-0.1, -0.05) is 48.5 Å². The van der Waals surface area contributed by atoms with Crippen LogP contribution in [0.2, 0.25) is 0 Å². The van der Waals surface area contributed by atoms with Crippen LogP contribution in [0.3, 0.4) is 0 Å². The van der Waals surface area contributed by atoms with Crippen molar-refractivity contribution in [3.63, 3.8) is 0 Å². The predicted molar refractivity (Wildman–Crippen MR) is 120 cm³/mol. The summed E-state index contributed by atoms with van der Waals surface area (Å²) in [5.74, 6) is 0. The largest absolute Gasteiger partial charge is 0.399 e. The second-order valence-electron chi connectivity index (χ2n) is 6.81. The number of benzene rings is 3. The van der Waals surface area contributed by atoms with Gasteiger partial charge in [0.15, 0.2) is 0 Å². The van der Waals surface area contributed by atoms with E-state index in [9.17, 15) is 13.7 Å². The fourth-order valence-corrected chi connectivity index (χ4v) is 3.32. The Morgan fingerprint density at radius 1 is 1.03 bits per heavy atom. The number of nitrogens with zero attached hydrogens (tertiary/aromatic N) is 2. The van der Waals surface area contributed by atoms with Crippen LogP contribution >= 0.6 is 0 Å².